The molecule has 0 aliphatic heterocycles. The van der Waals surface area contributed by atoms with E-state index >= 15 is 0 Å². The fourth-order valence-electron chi connectivity index (χ4n) is 2.95. The van der Waals surface area contributed by atoms with Crippen LogP contribution in [0.1, 0.15) is 42.6 Å². The number of carbonyl (C=O) groups is 1. The van der Waals surface area contributed by atoms with E-state index in [0.29, 0.717) is 11.5 Å². The van der Waals surface area contributed by atoms with Crippen molar-refractivity contribution in [1.82, 2.24) is 9.13 Å². The number of hydrogen-bond acceptors (Lipinski definition) is 4. The van der Waals surface area contributed by atoms with Crippen LogP contribution in [0.2, 0.25) is 0 Å². The van der Waals surface area contributed by atoms with Gasteiger partial charge in [-0.25, -0.2) is 0 Å². The maximum atomic E-state index is 12.6. The average molecular weight is 331 g/mol. The molecule has 1 aliphatic carbocycles. The third kappa shape index (κ3) is 3.69. The summed E-state index contributed by atoms with van der Waals surface area (Å²) in [6.07, 6.45) is 7.60. The summed E-state index contributed by atoms with van der Waals surface area (Å²) >= 11 is 1.12. The number of thiazole rings is 1. The van der Waals surface area contributed by atoms with Crippen molar-refractivity contribution in [3.8, 4) is 0 Å². The predicted octanol–water partition coefficient (Wildman–Crippen LogP) is 2.59. The summed E-state index contributed by atoms with van der Waals surface area (Å²) in [5, 5.41) is 1.78. The summed E-state index contributed by atoms with van der Waals surface area (Å²) in [7, 11) is 0. The van der Waals surface area contributed by atoms with Crippen molar-refractivity contribution in [3.63, 3.8) is 0 Å². The number of pyridine rings is 1. The summed E-state index contributed by atoms with van der Waals surface area (Å²) in [6.45, 7) is 1.89. The van der Waals surface area contributed by atoms with Gasteiger partial charge in [0.25, 0.3) is 5.91 Å². The molecule has 2 heterocycles. The van der Waals surface area contributed by atoms with Crippen LogP contribution in [0.4, 0.5) is 0 Å². The summed E-state index contributed by atoms with van der Waals surface area (Å²) < 4.78 is 3.08. The minimum absolute atomic E-state index is 0.0516. The van der Waals surface area contributed by atoms with Gasteiger partial charge in [0.05, 0.1) is 6.04 Å². The number of rotatable bonds is 3. The summed E-state index contributed by atoms with van der Waals surface area (Å²) in [5.41, 5.74) is 1.50. The molecule has 122 valence electrons. The topological polar surface area (TPSA) is 56.4 Å². The lowest BCUT2D eigenvalue weighted by Gasteiger charge is -2.17. The van der Waals surface area contributed by atoms with Crippen molar-refractivity contribution >= 4 is 17.2 Å². The zero-order chi connectivity index (χ0) is 16.2. The third-order valence-electron chi connectivity index (χ3n) is 4.27. The van der Waals surface area contributed by atoms with Crippen LogP contribution in [0.3, 0.4) is 0 Å². The van der Waals surface area contributed by atoms with Gasteiger partial charge < -0.3 is 0 Å². The molecule has 0 saturated heterocycles. The lowest BCUT2D eigenvalue weighted by molar-refractivity contribution is 0.0883. The molecule has 0 N–H and O–H groups in total. The van der Waals surface area contributed by atoms with Gasteiger partial charge >= 0.3 is 4.87 Å². The zero-order valence-corrected chi connectivity index (χ0v) is 14.1. The van der Waals surface area contributed by atoms with Gasteiger partial charge in [0, 0.05) is 17.3 Å². The van der Waals surface area contributed by atoms with Gasteiger partial charge in [0.1, 0.15) is 12.0 Å². The lowest BCUT2D eigenvalue weighted by Crippen LogP contribution is -2.33. The molecule has 1 fully saturated rings. The molecule has 2 aromatic heterocycles. The van der Waals surface area contributed by atoms with E-state index < -0.39 is 0 Å². The molecular weight excluding hydrogens is 310 g/mol. The first-order valence-corrected chi connectivity index (χ1v) is 8.93. The van der Waals surface area contributed by atoms with E-state index in [1.807, 2.05) is 25.1 Å². The Morgan fingerprint density at radius 3 is 2.78 bits per heavy atom. The lowest BCUT2D eigenvalue weighted by atomic mass is 9.96. The van der Waals surface area contributed by atoms with Crippen molar-refractivity contribution in [3.05, 3.63) is 50.6 Å². The van der Waals surface area contributed by atoms with Crippen molar-refractivity contribution in [2.75, 3.05) is 0 Å². The first-order chi connectivity index (χ1) is 11.1. The van der Waals surface area contributed by atoms with Crippen LogP contribution in [0.15, 0.2) is 39.6 Å². The van der Waals surface area contributed by atoms with Crippen molar-refractivity contribution in [2.24, 2.45) is 4.99 Å². The van der Waals surface area contributed by atoms with E-state index in [0.717, 1.165) is 29.9 Å². The molecule has 0 spiro atoms. The Morgan fingerprint density at radius 2 is 2.09 bits per heavy atom. The van der Waals surface area contributed by atoms with Gasteiger partial charge in [0.15, 0.2) is 0 Å². The molecule has 23 heavy (non-hydrogen) atoms. The van der Waals surface area contributed by atoms with Gasteiger partial charge in [-0.1, -0.05) is 36.7 Å². The molecule has 6 heteroatoms. The molecule has 5 nitrogen and oxygen atoms in total. The van der Waals surface area contributed by atoms with Gasteiger partial charge in [-0.15, -0.1) is 0 Å². The Balaban J connectivity index is 1.89. The van der Waals surface area contributed by atoms with Gasteiger partial charge in [-0.2, -0.15) is 0 Å². The van der Waals surface area contributed by atoms with Crippen LogP contribution in [0.5, 0.6) is 0 Å². The van der Waals surface area contributed by atoms with Crippen LogP contribution in [-0.2, 0) is 6.54 Å². The van der Waals surface area contributed by atoms with Crippen LogP contribution < -0.4 is 10.4 Å². The molecule has 0 atom stereocenters. The third-order valence-corrected chi connectivity index (χ3v) is 5.15. The molecule has 0 radical (unpaired) electrons. The minimum Gasteiger partial charge on any atom is -0.294 e. The first kappa shape index (κ1) is 15.9. The van der Waals surface area contributed by atoms with Crippen LogP contribution in [0.25, 0.3) is 0 Å². The highest BCUT2D eigenvalue weighted by molar-refractivity contribution is 7.07. The number of hydrogen-bond donors (Lipinski definition) is 0. The number of aryl methyl sites for hydroxylation is 1. The van der Waals surface area contributed by atoms with Crippen LogP contribution in [-0.4, -0.2) is 21.1 Å². The highest BCUT2D eigenvalue weighted by Gasteiger charge is 2.14. The maximum absolute atomic E-state index is 12.6. The monoisotopic (exact) mass is 331 g/mol. The summed E-state index contributed by atoms with van der Waals surface area (Å²) in [4.78, 5) is 29.1. The van der Waals surface area contributed by atoms with Crippen molar-refractivity contribution < 1.29 is 4.79 Å². The fourth-order valence-corrected chi connectivity index (χ4v) is 3.69. The van der Waals surface area contributed by atoms with Crippen molar-refractivity contribution in [2.45, 2.75) is 51.6 Å². The van der Waals surface area contributed by atoms with Crippen LogP contribution >= 0.6 is 11.3 Å². The zero-order valence-electron chi connectivity index (χ0n) is 13.3. The predicted molar refractivity (Wildman–Crippen MR) is 90.8 cm³/mol. The van der Waals surface area contributed by atoms with E-state index in [1.54, 1.807) is 16.1 Å². The van der Waals surface area contributed by atoms with Gasteiger partial charge in [-0.3, -0.25) is 23.7 Å². The second kappa shape index (κ2) is 7.08. The van der Waals surface area contributed by atoms with Gasteiger partial charge in [-0.05, 0) is 31.9 Å². The minimum atomic E-state index is -0.135. The normalized spacial score (nSPS) is 16.7. The molecule has 0 bridgehead atoms. The molecule has 0 unspecified atom stereocenters. The quantitative estimate of drug-likeness (QED) is 0.868. The number of nitrogens with zero attached hydrogens (tertiary/aromatic N) is 3. The Labute approximate surface area is 138 Å². The van der Waals surface area contributed by atoms with E-state index in [2.05, 4.69) is 0 Å². The maximum Gasteiger partial charge on any atom is 0.307 e. The first-order valence-electron chi connectivity index (χ1n) is 8.05. The Bertz CT molecular complexity index is 809. The second-order valence-corrected chi connectivity index (χ2v) is 6.79. The molecule has 1 aliphatic rings. The Hall–Kier alpha value is -1.95. The van der Waals surface area contributed by atoms with E-state index in [1.165, 1.54) is 23.8 Å². The summed E-state index contributed by atoms with van der Waals surface area (Å²) in [5.74, 6) is -0.135. The standard InChI is InChI=1S/C17H21N3O2S/c1-13-12-23-17(22)20(13)11-16(21)19-10-6-5-9-15(19)18-14-7-3-2-4-8-14/h5-6,9-10,12,14H,2-4,7-8,11H2,1H3. The smallest absolute Gasteiger partial charge is 0.294 e. The highest BCUT2D eigenvalue weighted by Crippen LogP contribution is 2.19. The number of carbonyl (C=O) groups excluding carboxylic acids is 1. The molecular formula is C17H21N3O2S. The summed E-state index contributed by atoms with van der Waals surface area (Å²) in [6, 6.07) is 5.89. The molecule has 3 rings (SSSR count). The molecule has 2 aromatic rings. The van der Waals surface area contributed by atoms with Crippen molar-refractivity contribution in [1.29, 1.82) is 0 Å². The van der Waals surface area contributed by atoms with E-state index in [4.69, 9.17) is 4.99 Å². The van der Waals surface area contributed by atoms with Crippen LogP contribution in [0, 0.1) is 6.92 Å². The largest absolute Gasteiger partial charge is 0.307 e. The molecule has 0 aromatic carbocycles. The van der Waals surface area contributed by atoms with Gasteiger partial charge in [0.2, 0.25) is 0 Å². The molecule has 1 saturated carbocycles. The highest BCUT2D eigenvalue weighted by atomic mass is 32.1. The molecule has 0 amide bonds. The Morgan fingerprint density at radius 1 is 1.30 bits per heavy atom. The Kier molecular flexibility index (Phi) is 4.91. The fraction of sp³-hybridized carbons (Fsp3) is 0.471. The van der Waals surface area contributed by atoms with E-state index in [9.17, 15) is 9.59 Å². The second-order valence-electron chi connectivity index (χ2n) is 5.97. The average Bonchev–Trinajstić information content (AvgIpc) is 2.88. The number of aromatic nitrogens is 2. The van der Waals surface area contributed by atoms with E-state index in [-0.39, 0.29) is 17.3 Å². The SMILES string of the molecule is Cc1csc(=O)n1CC(=O)n1ccccc1=NC1CCCCC1.